The van der Waals surface area contributed by atoms with E-state index in [1.54, 1.807) is 0 Å². The summed E-state index contributed by atoms with van der Waals surface area (Å²) in [5.74, 6) is 0. The van der Waals surface area contributed by atoms with Crippen LogP contribution in [-0.4, -0.2) is 30.6 Å². The summed E-state index contributed by atoms with van der Waals surface area (Å²) in [6.07, 6.45) is 1.94. The Morgan fingerprint density at radius 2 is 2.21 bits per heavy atom. The van der Waals surface area contributed by atoms with Crippen LogP contribution in [-0.2, 0) is 10.0 Å². The van der Waals surface area contributed by atoms with Crippen LogP contribution in [0.5, 0.6) is 0 Å². The van der Waals surface area contributed by atoms with E-state index in [2.05, 4.69) is 4.72 Å². The summed E-state index contributed by atoms with van der Waals surface area (Å²) in [5.41, 5.74) is -1.44. The monoisotopic (exact) mass is 326 g/mol. The molecule has 1 saturated carbocycles. The van der Waals surface area contributed by atoms with Gasteiger partial charge in [-0.05, 0) is 19.3 Å². The van der Waals surface area contributed by atoms with Gasteiger partial charge in [0.1, 0.15) is 4.21 Å². The summed E-state index contributed by atoms with van der Waals surface area (Å²) in [7, 11) is -3.89. The Hall–Kier alpha value is -0.740. The van der Waals surface area contributed by atoms with Gasteiger partial charge >= 0.3 is 0 Å². The SMILES string of the molecule is O=[N+]([O-])c1cc(S(=O)(=O)NCC2(O)CCC2)sc1Cl. The molecule has 0 saturated heterocycles. The minimum atomic E-state index is -3.89. The van der Waals surface area contributed by atoms with Crippen LogP contribution < -0.4 is 4.72 Å². The largest absolute Gasteiger partial charge is 0.389 e. The standard InChI is InChI=1S/C9H11ClN2O5S2/c10-8-6(12(14)15)4-7(18-8)19(16,17)11-5-9(13)2-1-3-9/h4,11,13H,1-3,5H2. The van der Waals surface area contributed by atoms with E-state index in [1.165, 1.54) is 0 Å². The van der Waals surface area contributed by atoms with Crippen molar-refractivity contribution in [3.05, 3.63) is 20.5 Å². The highest BCUT2D eigenvalue weighted by Gasteiger charge is 2.36. The molecule has 0 amide bonds. The fraction of sp³-hybridized carbons (Fsp3) is 0.556. The molecular weight excluding hydrogens is 316 g/mol. The van der Waals surface area contributed by atoms with E-state index in [-0.39, 0.29) is 15.1 Å². The second-order valence-corrected chi connectivity index (χ2v) is 8.03. The Morgan fingerprint density at radius 3 is 2.63 bits per heavy atom. The fourth-order valence-corrected chi connectivity index (χ4v) is 4.49. The number of sulfonamides is 1. The van der Waals surface area contributed by atoms with Crippen LogP contribution in [0.25, 0.3) is 0 Å². The summed E-state index contributed by atoms with van der Waals surface area (Å²) in [5, 5.41) is 20.4. The van der Waals surface area contributed by atoms with Crippen molar-refractivity contribution < 1.29 is 18.4 Å². The number of nitro groups is 1. The van der Waals surface area contributed by atoms with E-state index in [9.17, 15) is 23.6 Å². The van der Waals surface area contributed by atoms with Crippen molar-refractivity contribution in [2.75, 3.05) is 6.54 Å². The summed E-state index contributed by atoms with van der Waals surface area (Å²) in [6.45, 7) is -0.0986. The molecule has 1 aliphatic carbocycles. The molecule has 1 aromatic rings. The van der Waals surface area contributed by atoms with Crippen molar-refractivity contribution in [3.8, 4) is 0 Å². The highest BCUT2D eigenvalue weighted by molar-refractivity contribution is 7.91. The molecule has 0 spiro atoms. The maximum absolute atomic E-state index is 11.9. The first-order valence-corrected chi connectivity index (χ1v) is 8.07. The van der Waals surface area contributed by atoms with Crippen LogP contribution in [0.3, 0.4) is 0 Å². The third kappa shape index (κ3) is 3.06. The van der Waals surface area contributed by atoms with Crippen molar-refractivity contribution >= 4 is 38.6 Å². The van der Waals surface area contributed by atoms with E-state index >= 15 is 0 Å². The Bertz CT molecular complexity index is 608. The zero-order valence-corrected chi connectivity index (χ0v) is 12.0. The zero-order valence-electron chi connectivity index (χ0n) is 9.63. The maximum Gasteiger partial charge on any atom is 0.300 e. The molecule has 0 bridgehead atoms. The van der Waals surface area contributed by atoms with Crippen molar-refractivity contribution in [1.82, 2.24) is 4.72 Å². The lowest BCUT2D eigenvalue weighted by molar-refractivity contribution is -0.384. The molecule has 0 aromatic carbocycles. The Kier molecular flexibility index (Phi) is 3.85. The molecule has 1 aliphatic rings. The number of nitrogens with one attached hydrogen (secondary N) is 1. The Balaban J connectivity index is 2.15. The van der Waals surface area contributed by atoms with Gasteiger partial charge in [0.25, 0.3) is 5.69 Å². The van der Waals surface area contributed by atoms with Crippen molar-refractivity contribution in [1.29, 1.82) is 0 Å². The smallest absolute Gasteiger partial charge is 0.300 e. The lowest BCUT2D eigenvalue weighted by atomic mass is 9.81. The molecule has 0 aliphatic heterocycles. The van der Waals surface area contributed by atoms with Gasteiger partial charge in [0, 0.05) is 12.6 Å². The average molecular weight is 327 g/mol. The van der Waals surface area contributed by atoms with Crippen LogP contribution in [0.2, 0.25) is 4.34 Å². The molecular formula is C9H11ClN2O5S2. The predicted octanol–water partition coefficient (Wildman–Crippen LogP) is 1.50. The van der Waals surface area contributed by atoms with Crippen molar-refractivity contribution in [3.63, 3.8) is 0 Å². The molecule has 106 valence electrons. The fourth-order valence-electron chi connectivity index (χ4n) is 1.66. The molecule has 10 heteroatoms. The van der Waals surface area contributed by atoms with Gasteiger partial charge in [0.15, 0.2) is 4.34 Å². The highest BCUT2D eigenvalue weighted by Crippen LogP contribution is 2.36. The first-order chi connectivity index (χ1) is 8.73. The molecule has 2 rings (SSSR count). The second kappa shape index (κ2) is 4.98. The number of thiophene rings is 1. The van der Waals surface area contributed by atoms with E-state index in [0.29, 0.717) is 24.2 Å². The lowest BCUT2D eigenvalue weighted by Crippen LogP contribution is -2.47. The summed E-state index contributed by atoms with van der Waals surface area (Å²) in [4.78, 5) is 9.87. The molecule has 7 nitrogen and oxygen atoms in total. The summed E-state index contributed by atoms with van der Waals surface area (Å²) < 4.78 is 25.7. The minimum absolute atomic E-state index is 0.0986. The van der Waals surface area contributed by atoms with E-state index < -0.39 is 26.2 Å². The molecule has 19 heavy (non-hydrogen) atoms. The maximum atomic E-state index is 11.9. The molecule has 0 radical (unpaired) electrons. The number of rotatable bonds is 5. The van der Waals surface area contributed by atoms with E-state index in [1.807, 2.05) is 0 Å². The molecule has 2 N–H and O–H groups in total. The van der Waals surface area contributed by atoms with Gasteiger partial charge in [0.05, 0.1) is 10.5 Å². The number of nitrogens with zero attached hydrogens (tertiary/aromatic N) is 1. The third-order valence-electron chi connectivity index (χ3n) is 2.98. The van der Waals surface area contributed by atoms with Crippen molar-refractivity contribution in [2.24, 2.45) is 0 Å². The topological polar surface area (TPSA) is 110 Å². The zero-order chi connectivity index (χ0) is 14.3. The van der Waals surface area contributed by atoms with Gasteiger partial charge < -0.3 is 5.11 Å². The summed E-state index contributed by atoms with van der Waals surface area (Å²) >= 11 is 6.23. The van der Waals surface area contributed by atoms with Crippen molar-refractivity contribution in [2.45, 2.75) is 29.1 Å². The average Bonchev–Trinajstić information content (AvgIpc) is 2.67. The van der Waals surface area contributed by atoms with Crippen LogP contribution in [0.4, 0.5) is 5.69 Å². The number of hydrogen-bond acceptors (Lipinski definition) is 6. The van der Waals surface area contributed by atoms with Gasteiger partial charge in [-0.15, -0.1) is 11.3 Å². The Labute approximate surface area is 118 Å². The number of aliphatic hydroxyl groups is 1. The van der Waals surface area contributed by atoms with Gasteiger partial charge in [-0.3, -0.25) is 10.1 Å². The normalized spacial score (nSPS) is 18.0. The van der Waals surface area contributed by atoms with Gasteiger partial charge in [-0.25, -0.2) is 13.1 Å². The first kappa shape index (κ1) is 14.7. The first-order valence-electron chi connectivity index (χ1n) is 5.39. The van der Waals surface area contributed by atoms with Gasteiger partial charge in [-0.1, -0.05) is 11.6 Å². The lowest BCUT2D eigenvalue weighted by Gasteiger charge is -2.36. The molecule has 1 aromatic heterocycles. The third-order valence-corrected chi connectivity index (χ3v) is 6.20. The van der Waals surface area contributed by atoms with E-state index in [4.69, 9.17) is 11.6 Å². The second-order valence-electron chi connectivity index (χ2n) is 4.38. The summed E-state index contributed by atoms with van der Waals surface area (Å²) in [6, 6.07) is 0.917. The van der Waals surface area contributed by atoms with Gasteiger partial charge in [0.2, 0.25) is 10.0 Å². The number of hydrogen-bond donors (Lipinski definition) is 2. The van der Waals surface area contributed by atoms with Crippen LogP contribution >= 0.6 is 22.9 Å². The van der Waals surface area contributed by atoms with Crippen LogP contribution in [0, 0.1) is 10.1 Å². The number of halogens is 1. The molecule has 0 unspecified atom stereocenters. The van der Waals surface area contributed by atoms with Crippen LogP contribution in [0.15, 0.2) is 10.3 Å². The quantitative estimate of drug-likeness (QED) is 0.629. The van der Waals surface area contributed by atoms with Gasteiger partial charge in [-0.2, -0.15) is 0 Å². The predicted molar refractivity (Wildman–Crippen MR) is 70.0 cm³/mol. The molecule has 1 fully saturated rings. The van der Waals surface area contributed by atoms with Crippen LogP contribution in [0.1, 0.15) is 19.3 Å². The van der Waals surface area contributed by atoms with E-state index in [0.717, 1.165) is 12.5 Å². The molecule has 0 atom stereocenters. The Morgan fingerprint density at radius 1 is 1.58 bits per heavy atom. The molecule has 1 heterocycles. The highest BCUT2D eigenvalue weighted by atomic mass is 35.5. The minimum Gasteiger partial charge on any atom is -0.389 e.